The first-order valence-corrected chi connectivity index (χ1v) is 8.62. The summed E-state index contributed by atoms with van der Waals surface area (Å²) in [5.41, 5.74) is 2.02. The number of nitrogens with zero attached hydrogens (tertiary/aromatic N) is 2. The van der Waals surface area contributed by atoms with Gasteiger partial charge in [0.2, 0.25) is 11.7 Å². The molecule has 1 heterocycles. The smallest absolute Gasteiger partial charge is 0.236 e. The molecule has 0 aliphatic rings. The maximum Gasteiger partial charge on any atom is 0.236 e. The highest BCUT2D eigenvalue weighted by molar-refractivity contribution is 7.97. The van der Waals surface area contributed by atoms with E-state index in [2.05, 4.69) is 10.1 Å². The largest absolute Gasteiger partial charge is 0.497 e. The zero-order valence-electron chi connectivity index (χ0n) is 13.6. The number of benzene rings is 2. The van der Waals surface area contributed by atoms with Crippen molar-refractivity contribution < 1.29 is 14.0 Å². The number of ether oxygens (including phenoxy) is 2. The van der Waals surface area contributed by atoms with Crippen LogP contribution >= 0.6 is 11.8 Å². The van der Waals surface area contributed by atoms with Crippen LogP contribution in [0.5, 0.6) is 11.5 Å². The molecule has 0 amide bonds. The van der Waals surface area contributed by atoms with Crippen LogP contribution in [0.1, 0.15) is 11.5 Å². The summed E-state index contributed by atoms with van der Waals surface area (Å²) in [5.74, 6) is 4.30. The van der Waals surface area contributed by atoms with Crippen molar-refractivity contribution in [3.05, 3.63) is 60.0 Å². The molecular weight excluding hydrogens is 324 g/mol. The van der Waals surface area contributed by atoms with Crippen LogP contribution < -0.4 is 9.47 Å². The van der Waals surface area contributed by atoms with Crippen LogP contribution in [0.2, 0.25) is 0 Å². The number of thioether (sulfide) groups is 1. The van der Waals surface area contributed by atoms with E-state index in [1.165, 1.54) is 0 Å². The van der Waals surface area contributed by atoms with Gasteiger partial charge in [-0.3, -0.25) is 0 Å². The van der Waals surface area contributed by atoms with Crippen molar-refractivity contribution in [2.24, 2.45) is 0 Å². The number of rotatable bonds is 7. The van der Waals surface area contributed by atoms with Crippen LogP contribution in [0.4, 0.5) is 0 Å². The van der Waals surface area contributed by atoms with Crippen LogP contribution in [0, 0.1) is 0 Å². The van der Waals surface area contributed by atoms with Crippen LogP contribution in [-0.2, 0) is 11.5 Å². The maximum absolute atomic E-state index is 5.39. The topological polar surface area (TPSA) is 57.4 Å². The van der Waals surface area contributed by atoms with E-state index in [-0.39, 0.29) is 0 Å². The van der Waals surface area contributed by atoms with Crippen molar-refractivity contribution in [3.8, 4) is 22.9 Å². The Hall–Kier alpha value is -2.47. The summed E-state index contributed by atoms with van der Waals surface area (Å²) in [6.45, 7) is 0. The molecule has 0 N–H and O–H groups in total. The lowest BCUT2D eigenvalue weighted by molar-refractivity contribution is 0.391. The van der Waals surface area contributed by atoms with Gasteiger partial charge in [0.25, 0.3) is 0 Å². The molecule has 0 aliphatic heterocycles. The summed E-state index contributed by atoms with van der Waals surface area (Å²) < 4.78 is 16.0. The third-order valence-electron chi connectivity index (χ3n) is 3.47. The van der Waals surface area contributed by atoms with E-state index in [1.807, 2.05) is 48.5 Å². The Balaban J connectivity index is 1.62. The summed E-state index contributed by atoms with van der Waals surface area (Å²) in [5, 5.41) is 4.03. The maximum atomic E-state index is 5.39. The molecule has 124 valence electrons. The molecule has 3 rings (SSSR count). The number of methoxy groups -OCH3 is 2. The fourth-order valence-corrected chi connectivity index (χ4v) is 3.10. The Morgan fingerprint density at radius 1 is 1.00 bits per heavy atom. The van der Waals surface area contributed by atoms with E-state index in [4.69, 9.17) is 14.0 Å². The number of aromatic nitrogens is 2. The van der Waals surface area contributed by atoms with Gasteiger partial charge in [0, 0.05) is 16.9 Å². The molecule has 0 saturated heterocycles. The normalized spacial score (nSPS) is 10.6. The third-order valence-corrected chi connectivity index (χ3v) is 4.44. The summed E-state index contributed by atoms with van der Waals surface area (Å²) in [4.78, 5) is 4.43. The Morgan fingerprint density at radius 2 is 1.83 bits per heavy atom. The van der Waals surface area contributed by atoms with E-state index in [0.717, 1.165) is 28.4 Å². The first kappa shape index (κ1) is 16.4. The summed E-state index contributed by atoms with van der Waals surface area (Å²) in [7, 11) is 3.32. The molecule has 3 aromatic rings. The van der Waals surface area contributed by atoms with Crippen molar-refractivity contribution in [1.29, 1.82) is 0 Å². The standard InChI is InChI=1S/C18H18N2O3S/c1-21-15-8-9-16(22-2)14(10-15)11-24-12-17-19-18(20-23-17)13-6-4-3-5-7-13/h3-10H,11-12H2,1-2H3. The quantitative estimate of drug-likeness (QED) is 0.642. The molecule has 0 spiro atoms. The first-order chi connectivity index (χ1) is 11.8. The van der Waals surface area contributed by atoms with Gasteiger partial charge in [0.15, 0.2) is 0 Å². The van der Waals surface area contributed by atoms with Gasteiger partial charge in [-0.2, -0.15) is 4.98 Å². The predicted molar refractivity (Wildman–Crippen MR) is 94.3 cm³/mol. The van der Waals surface area contributed by atoms with Crippen LogP contribution in [0.3, 0.4) is 0 Å². The summed E-state index contributed by atoms with van der Waals surface area (Å²) in [6, 6.07) is 15.6. The summed E-state index contributed by atoms with van der Waals surface area (Å²) >= 11 is 1.68. The Morgan fingerprint density at radius 3 is 2.58 bits per heavy atom. The molecule has 6 heteroatoms. The van der Waals surface area contributed by atoms with Gasteiger partial charge in [-0.15, -0.1) is 11.8 Å². The molecule has 5 nitrogen and oxygen atoms in total. The van der Waals surface area contributed by atoms with Gasteiger partial charge >= 0.3 is 0 Å². The molecule has 0 aliphatic carbocycles. The van der Waals surface area contributed by atoms with E-state index in [0.29, 0.717) is 17.5 Å². The van der Waals surface area contributed by atoms with E-state index in [9.17, 15) is 0 Å². The lowest BCUT2D eigenvalue weighted by atomic mass is 10.2. The lowest BCUT2D eigenvalue weighted by Crippen LogP contribution is -1.93. The number of hydrogen-bond donors (Lipinski definition) is 0. The lowest BCUT2D eigenvalue weighted by Gasteiger charge is -2.09. The van der Waals surface area contributed by atoms with E-state index >= 15 is 0 Å². The van der Waals surface area contributed by atoms with Gasteiger partial charge in [0.05, 0.1) is 20.0 Å². The molecular formula is C18H18N2O3S. The second-order valence-corrected chi connectivity index (χ2v) is 6.03. The van der Waals surface area contributed by atoms with Crippen LogP contribution in [0.25, 0.3) is 11.4 Å². The molecule has 0 atom stereocenters. The Labute approximate surface area is 145 Å². The molecule has 0 bridgehead atoms. The highest BCUT2D eigenvalue weighted by Crippen LogP contribution is 2.29. The highest BCUT2D eigenvalue weighted by Gasteiger charge is 2.10. The fourth-order valence-electron chi connectivity index (χ4n) is 2.26. The zero-order chi connectivity index (χ0) is 16.8. The highest BCUT2D eigenvalue weighted by atomic mass is 32.2. The fraction of sp³-hybridized carbons (Fsp3) is 0.222. The van der Waals surface area contributed by atoms with Gasteiger partial charge in [-0.1, -0.05) is 35.5 Å². The van der Waals surface area contributed by atoms with Crippen molar-refractivity contribution in [2.45, 2.75) is 11.5 Å². The number of hydrogen-bond acceptors (Lipinski definition) is 6. The van der Waals surface area contributed by atoms with Crippen molar-refractivity contribution in [1.82, 2.24) is 10.1 Å². The second kappa shape index (κ2) is 7.88. The van der Waals surface area contributed by atoms with Crippen molar-refractivity contribution in [2.75, 3.05) is 14.2 Å². The molecule has 1 aromatic heterocycles. The average molecular weight is 342 g/mol. The van der Waals surface area contributed by atoms with Crippen LogP contribution in [0.15, 0.2) is 53.1 Å². The SMILES string of the molecule is COc1ccc(OC)c(CSCc2nc(-c3ccccc3)no2)c1. The minimum Gasteiger partial charge on any atom is -0.497 e. The molecule has 0 radical (unpaired) electrons. The molecule has 0 unspecified atom stereocenters. The molecule has 0 fully saturated rings. The molecule has 2 aromatic carbocycles. The third kappa shape index (κ3) is 3.89. The molecule has 0 saturated carbocycles. The predicted octanol–water partition coefficient (Wildman–Crippen LogP) is 4.19. The van der Waals surface area contributed by atoms with E-state index < -0.39 is 0 Å². The van der Waals surface area contributed by atoms with Gasteiger partial charge in [0.1, 0.15) is 11.5 Å². The Kier molecular flexibility index (Phi) is 5.38. The monoisotopic (exact) mass is 342 g/mol. The van der Waals surface area contributed by atoms with Crippen molar-refractivity contribution >= 4 is 11.8 Å². The van der Waals surface area contributed by atoms with Crippen molar-refractivity contribution in [3.63, 3.8) is 0 Å². The summed E-state index contributed by atoms with van der Waals surface area (Å²) in [6.07, 6.45) is 0. The Bertz CT molecular complexity index is 790. The van der Waals surface area contributed by atoms with Gasteiger partial charge < -0.3 is 14.0 Å². The second-order valence-electron chi connectivity index (χ2n) is 5.05. The van der Waals surface area contributed by atoms with E-state index in [1.54, 1.807) is 26.0 Å². The van der Waals surface area contributed by atoms with Gasteiger partial charge in [-0.05, 0) is 18.2 Å². The molecule has 24 heavy (non-hydrogen) atoms. The minimum absolute atomic E-state index is 0.612. The first-order valence-electron chi connectivity index (χ1n) is 7.47. The van der Waals surface area contributed by atoms with Crippen LogP contribution in [-0.4, -0.2) is 24.4 Å². The average Bonchev–Trinajstić information content (AvgIpc) is 3.11. The zero-order valence-corrected chi connectivity index (χ0v) is 14.4. The van der Waals surface area contributed by atoms with Gasteiger partial charge in [-0.25, -0.2) is 0 Å². The minimum atomic E-state index is 0.612.